The summed E-state index contributed by atoms with van der Waals surface area (Å²) < 4.78 is 0. The van der Waals surface area contributed by atoms with Crippen LogP contribution in [0.5, 0.6) is 0 Å². The van der Waals surface area contributed by atoms with Crippen LogP contribution in [0.25, 0.3) is 0 Å². The van der Waals surface area contributed by atoms with Gasteiger partial charge in [0.15, 0.2) is 0 Å². The van der Waals surface area contributed by atoms with E-state index in [2.05, 4.69) is 10.3 Å². The number of pyridine rings is 1. The van der Waals surface area contributed by atoms with Crippen LogP contribution in [-0.2, 0) is 4.79 Å². The van der Waals surface area contributed by atoms with Crippen molar-refractivity contribution in [1.29, 1.82) is 0 Å². The van der Waals surface area contributed by atoms with Gasteiger partial charge in [-0.15, -0.1) is 11.3 Å². The van der Waals surface area contributed by atoms with Crippen LogP contribution in [0.15, 0.2) is 35.8 Å². The number of carbonyl (C=O) groups excluding carboxylic acids is 1. The first-order chi connectivity index (χ1) is 8.16. The van der Waals surface area contributed by atoms with Crippen LogP contribution in [-0.4, -0.2) is 10.9 Å². The minimum absolute atomic E-state index is 0.224. The van der Waals surface area contributed by atoms with Crippen molar-refractivity contribution < 1.29 is 4.79 Å². The van der Waals surface area contributed by atoms with Crippen molar-refractivity contribution in [3.63, 3.8) is 0 Å². The molecule has 2 aromatic rings. The van der Waals surface area contributed by atoms with Gasteiger partial charge < -0.3 is 11.1 Å². The molecule has 0 aliphatic heterocycles. The maximum absolute atomic E-state index is 11.8. The highest BCUT2D eigenvalue weighted by Gasteiger charge is 2.16. The molecule has 0 bridgehead atoms. The van der Waals surface area contributed by atoms with E-state index < -0.39 is 6.04 Å². The molecule has 0 saturated heterocycles. The molecule has 0 aliphatic rings. The summed E-state index contributed by atoms with van der Waals surface area (Å²) in [6.45, 7) is 1.89. The number of aryl methyl sites for hydroxylation is 1. The Bertz CT molecular complexity index is 493. The number of carbonyl (C=O) groups is 1. The minimum Gasteiger partial charge on any atom is -0.323 e. The molecule has 2 rings (SSSR count). The molecule has 3 N–H and O–H groups in total. The highest BCUT2D eigenvalue weighted by Crippen LogP contribution is 2.18. The second-order valence-electron chi connectivity index (χ2n) is 3.67. The molecule has 0 radical (unpaired) electrons. The summed E-state index contributed by atoms with van der Waals surface area (Å²) in [6.07, 6.45) is 1.62. The number of rotatable bonds is 3. The lowest BCUT2D eigenvalue weighted by Crippen LogP contribution is -2.27. The predicted octanol–water partition coefficient (Wildman–Crippen LogP) is 2.09. The van der Waals surface area contributed by atoms with Crippen molar-refractivity contribution in [3.8, 4) is 0 Å². The zero-order valence-corrected chi connectivity index (χ0v) is 10.2. The molecule has 1 amide bonds. The Morgan fingerprint density at radius 2 is 2.29 bits per heavy atom. The summed E-state index contributed by atoms with van der Waals surface area (Å²) in [4.78, 5) is 16.8. The lowest BCUT2D eigenvalue weighted by atomic mass is 10.2. The lowest BCUT2D eigenvalue weighted by molar-refractivity contribution is -0.117. The van der Waals surface area contributed by atoms with E-state index in [0.29, 0.717) is 5.69 Å². The molecule has 88 valence electrons. The summed E-state index contributed by atoms with van der Waals surface area (Å²) in [7, 11) is 0. The third-order valence-corrected chi connectivity index (χ3v) is 3.27. The van der Waals surface area contributed by atoms with Gasteiger partial charge >= 0.3 is 0 Å². The van der Waals surface area contributed by atoms with E-state index in [4.69, 9.17) is 5.73 Å². The summed E-state index contributed by atoms with van der Waals surface area (Å²) in [5, 5.41) is 4.64. The summed E-state index contributed by atoms with van der Waals surface area (Å²) in [5.74, 6) is -0.224. The van der Waals surface area contributed by atoms with Gasteiger partial charge in [0.05, 0.1) is 11.9 Å². The van der Waals surface area contributed by atoms with Crippen molar-refractivity contribution >= 4 is 22.9 Å². The minimum atomic E-state index is -0.628. The number of hydrogen-bond donors (Lipinski definition) is 2. The van der Waals surface area contributed by atoms with Gasteiger partial charge in [-0.3, -0.25) is 9.78 Å². The fourth-order valence-electron chi connectivity index (χ4n) is 1.36. The van der Waals surface area contributed by atoms with Crippen LogP contribution < -0.4 is 11.1 Å². The molecular formula is C12H13N3OS. The molecular weight excluding hydrogens is 234 g/mol. The molecule has 5 heteroatoms. The van der Waals surface area contributed by atoms with Crippen molar-refractivity contribution in [2.75, 3.05) is 5.32 Å². The van der Waals surface area contributed by atoms with Crippen LogP contribution in [0.4, 0.5) is 5.69 Å². The Labute approximate surface area is 103 Å². The number of amides is 1. The Morgan fingerprint density at radius 1 is 1.47 bits per heavy atom. The average molecular weight is 247 g/mol. The molecule has 17 heavy (non-hydrogen) atoms. The van der Waals surface area contributed by atoms with Gasteiger partial charge in [-0.25, -0.2) is 0 Å². The number of aromatic nitrogens is 1. The highest BCUT2D eigenvalue weighted by molar-refractivity contribution is 7.10. The Morgan fingerprint density at radius 3 is 2.88 bits per heavy atom. The second-order valence-corrected chi connectivity index (χ2v) is 4.65. The molecule has 0 aromatic carbocycles. The standard InChI is InChI=1S/C12H13N3OS/c1-8-4-5-9(7-14-8)15-12(16)11(13)10-3-2-6-17-10/h2-7,11H,13H2,1H3,(H,15,16). The molecule has 0 spiro atoms. The first-order valence-corrected chi connectivity index (χ1v) is 6.07. The normalized spacial score (nSPS) is 12.1. The fraction of sp³-hybridized carbons (Fsp3) is 0.167. The van der Waals surface area contributed by atoms with Crippen molar-refractivity contribution in [2.24, 2.45) is 5.73 Å². The Kier molecular flexibility index (Phi) is 3.51. The van der Waals surface area contributed by atoms with Crippen molar-refractivity contribution in [3.05, 3.63) is 46.4 Å². The summed E-state index contributed by atoms with van der Waals surface area (Å²) >= 11 is 1.47. The van der Waals surface area contributed by atoms with Crippen molar-refractivity contribution in [2.45, 2.75) is 13.0 Å². The number of nitrogens with zero attached hydrogens (tertiary/aromatic N) is 1. The Balaban J connectivity index is 2.04. The van der Waals surface area contributed by atoms with Gasteiger partial charge in [-0.2, -0.15) is 0 Å². The SMILES string of the molecule is Cc1ccc(NC(=O)C(N)c2cccs2)cn1. The Hall–Kier alpha value is -1.72. The topological polar surface area (TPSA) is 68.0 Å². The van der Waals surface area contributed by atoms with Gasteiger partial charge in [-0.05, 0) is 30.5 Å². The summed E-state index contributed by atoms with van der Waals surface area (Å²) in [6, 6.07) is 6.74. The van der Waals surface area contributed by atoms with E-state index in [1.165, 1.54) is 11.3 Å². The van der Waals surface area contributed by atoms with E-state index in [0.717, 1.165) is 10.6 Å². The number of nitrogens with two attached hydrogens (primary N) is 1. The van der Waals surface area contributed by atoms with E-state index >= 15 is 0 Å². The first-order valence-electron chi connectivity index (χ1n) is 5.19. The monoisotopic (exact) mass is 247 g/mol. The molecule has 4 nitrogen and oxygen atoms in total. The smallest absolute Gasteiger partial charge is 0.246 e. The first kappa shape index (κ1) is 11.8. The van der Waals surface area contributed by atoms with Gasteiger partial charge in [0.25, 0.3) is 0 Å². The maximum atomic E-state index is 11.8. The average Bonchev–Trinajstić information content (AvgIpc) is 2.84. The fourth-order valence-corrected chi connectivity index (χ4v) is 2.08. The van der Waals surface area contributed by atoms with Gasteiger partial charge in [0, 0.05) is 10.6 Å². The molecule has 0 fully saturated rings. The van der Waals surface area contributed by atoms with Crippen molar-refractivity contribution in [1.82, 2.24) is 4.98 Å². The van der Waals surface area contributed by atoms with Crippen LogP contribution in [0.2, 0.25) is 0 Å². The zero-order valence-electron chi connectivity index (χ0n) is 9.38. The number of anilines is 1. The van der Waals surface area contributed by atoms with Gasteiger partial charge in [-0.1, -0.05) is 6.07 Å². The predicted molar refractivity (Wildman–Crippen MR) is 68.9 cm³/mol. The van der Waals surface area contributed by atoms with E-state index in [9.17, 15) is 4.79 Å². The number of nitrogens with one attached hydrogen (secondary N) is 1. The van der Waals surface area contributed by atoms with Crippen LogP contribution in [0, 0.1) is 6.92 Å². The van der Waals surface area contributed by atoms with E-state index in [-0.39, 0.29) is 5.91 Å². The molecule has 1 atom stereocenters. The van der Waals surface area contributed by atoms with Crippen LogP contribution >= 0.6 is 11.3 Å². The van der Waals surface area contributed by atoms with Crippen LogP contribution in [0.1, 0.15) is 16.6 Å². The van der Waals surface area contributed by atoms with E-state index in [1.54, 1.807) is 12.3 Å². The number of hydrogen-bond acceptors (Lipinski definition) is 4. The van der Waals surface area contributed by atoms with E-state index in [1.807, 2.05) is 30.5 Å². The molecule has 0 aliphatic carbocycles. The third kappa shape index (κ3) is 2.89. The summed E-state index contributed by atoms with van der Waals surface area (Å²) in [5.41, 5.74) is 7.41. The largest absolute Gasteiger partial charge is 0.323 e. The van der Waals surface area contributed by atoms with Gasteiger partial charge in [0.2, 0.25) is 5.91 Å². The number of thiophene rings is 1. The molecule has 2 heterocycles. The van der Waals surface area contributed by atoms with Crippen LogP contribution in [0.3, 0.4) is 0 Å². The molecule has 0 saturated carbocycles. The highest BCUT2D eigenvalue weighted by atomic mass is 32.1. The quantitative estimate of drug-likeness (QED) is 0.872. The maximum Gasteiger partial charge on any atom is 0.246 e. The third-order valence-electron chi connectivity index (χ3n) is 2.31. The second kappa shape index (κ2) is 5.07. The van der Waals surface area contributed by atoms with Gasteiger partial charge in [0.1, 0.15) is 6.04 Å². The lowest BCUT2D eigenvalue weighted by Gasteiger charge is -2.10. The molecule has 2 aromatic heterocycles. The zero-order chi connectivity index (χ0) is 12.3. The molecule has 1 unspecified atom stereocenters.